The number of hydrogen-bond acceptors (Lipinski definition) is 1. The van der Waals surface area contributed by atoms with Crippen LogP contribution in [-0.2, 0) is 19.4 Å². The number of aryl methyl sites for hydroxylation is 1. The summed E-state index contributed by atoms with van der Waals surface area (Å²) in [7, 11) is 0. The van der Waals surface area contributed by atoms with Gasteiger partial charge in [0.1, 0.15) is 0 Å². The van der Waals surface area contributed by atoms with Gasteiger partial charge in [-0.05, 0) is 55.3 Å². The summed E-state index contributed by atoms with van der Waals surface area (Å²) < 4.78 is 2.99. The number of rotatable bonds is 1. The van der Waals surface area contributed by atoms with Crippen LogP contribution in [0.5, 0.6) is 0 Å². The second-order valence-electron chi connectivity index (χ2n) is 4.52. The Kier molecular flexibility index (Phi) is 2.58. The van der Waals surface area contributed by atoms with E-state index >= 15 is 0 Å². The molecule has 0 spiro atoms. The number of nitrogens with zero attached hydrogens (tertiary/aromatic N) is 1. The minimum atomic E-state index is 0.163. The Hall–Kier alpha value is -1.09. The van der Waals surface area contributed by atoms with Crippen molar-refractivity contribution < 1.29 is 0 Å². The maximum atomic E-state index is 12.4. The average molecular weight is 292 g/mol. The van der Waals surface area contributed by atoms with Gasteiger partial charge in [-0.2, -0.15) is 0 Å². The predicted octanol–water partition coefficient (Wildman–Crippen LogP) is 3.27. The third kappa shape index (κ3) is 1.56. The molecule has 0 N–H and O–H groups in total. The minimum absolute atomic E-state index is 0.163. The first-order valence-electron chi connectivity index (χ1n) is 6.06. The molecule has 1 aromatic heterocycles. The maximum Gasteiger partial charge on any atom is 0.258 e. The number of hydrogen-bond donors (Lipinski definition) is 0. The number of pyridine rings is 1. The molecule has 0 bridgehead atoms. The molecule has 0 saturated carbocycles. The van der Waals surface area contributed by atoms with Gasteiger partial charge in [0.25, 0.3) is 5.56 Å². The fourth-order valence-electron chi connectivity index (χ4n) is 2.87. The van der Waals surface area contributed by atoms with Crippen molar-refractivity contribution in [1.82, 2.24) is 4.57 Å². The first-order chi connectivity index (χ1) is 8.22. The zero-order chi connectivity index (χ0) is 12.0. The smallest absolute Gasteiger partial charge is 0.258 e. The SMILES string of the molecule is CCn1c2c(c3cc(Br)ccc3c1=O)CCC2. The number of benzene rings is 1. The molecule has 3 rings (SSSR count). The summed E-state index contributed by atoms with van der Waals surface area (Å²) in [6, 6.07) is 5.97. The van der Waals surface area contributed by atoms with Crippen molar-refractivity contribution in [2.45, 2.75) is 32.7 Å². The highest BCUT2D eigenvalue weighted by molar-refractivity contribution is 9.10. The summed E-state index contributed by atoms with van der Waals surface area (Å²) in [6.07, 6.45) is 3.31. The fourth-order valence-corrected chi connectivity index (χ4v) is 3.23. The maximum absolute atomic E-state index is 12.4. The summed E-state index contributed by atoms with van der Waals surface area (Å²) in [4.78, 5) is 12.4. The third-order valence-corrected chi connectivity index (χ3v) is 4.11. The zero-order valence-electron chi connectivity index (χ0n) is 9.79. The van der Waals surface area contributed by atoms with Crippen LogP contribution in [-0.4, -0.2) is 4.57 Å². The lowest BCUT2D eigenvalue weighted by Crippen LogP contribution is -2.23. The van der Waals surface area contributed by atoms with Crippen LogP contribution < -0.4 is 5.56 Å². The molecule has 0 atom stereocenters. The van der Waals surface area contributed by atoms with Gasteiger partial charge in [-0.15, -0.1) is 0 Å². The van der Waals surface area contributed by atoms with Crippen molar-refractivity contribution in [2.24, 2.45) is 0 Å². The van der Waals surface area contributed by atoms with Gasteiger partial charge in [0.2, 0.25) is 0 Å². The quantitative estimate of drug-likeness (QED) is 0.790. The van der Waals surface area contributed by atoms with E-state index in [0.29, 0.717) is 0 Å². The van der Waals surface area contributed by atoms with Gasteiger partial charge < -0.3 is 4.57 Å². The van der Waals surface area contributed by atoms with Crippen LogP contribution in [0.1, 0.15) is 24.6 Å². The number of aromatic nitrogens is 1. The van der Waals surface area contributed by atoms with E-state index < -0.39 is 0 Å². The number of halogens is 1. The molecule has 0 radical (unpaired) electrons. The van der Waals surface area contributed by atoms with Crippen LogP contribution in [0.3, 0.4) is 0 Å². The Labute approximate surface area is 108 Å². The highest BCUT2D eigenvalue weighted by Gasteiger charge is 2.19. The zero-order valence-corrected chi connectivity index (χ0v) is 11.4. The summed E-state index contributed by atoms with van der Waals surface area (Å²) in [6.45, 7) is 2.82. The Morgan fingerprint density at radius 1 is 1.29 bits per heavy atom. The van der Waals surface area contributed by atoms with Crippen LogP contribution >= 0.6 is 15.9 Å². The van der Waals surface area contributed by atoms with Crippen LogP contribution in [0.15, 0.2) is 27.5 Å². The third-order valence-electron chi connectivity index (χ3n) is 3.61. The highest BCUT2D eigenvalue weighted by Crippen LogP contribution is 2.29. The molecule has 2 aromatic rings. The van der Waals surface area contributed by atoms with E-state index in [1.807, 2.05) is 23.6 Å². The van der Waals surface area contributed by atoms with Crippen molar-refractivity contribution in [3.8, 4) is 0 Å². The first-order valence-corrected chi connectivity index (χ1v) is 6.85. The monoisotopic (exact) mass is 291 g/mol. The Bertz CT molecular complexity index is 657. The van der Waals surface area contributed by atoms with E-state index in [1.165, 1.54) is 17.7 Å². The molecule has 17 heavy (non-hydrogen) atoms. The van der Waals surface area contributed by atoms with Crippen LogP contribution in [0.2, 0.25) is 0 Å². The molecular formula is C14H14BrNO. The first kappa shape index (κ1) is 11.0. The molecule has 2 nitrogen and oxygen atoms in total. The second-order valence-corrected chi connectivity index (χ2v) is 5.43. The molecule has 1 aliphatic carbocycles. The van der Waals surface area contributed by atoms with Crippen molar-refractivity contribution in [3.63, 3.8) is 0 Å². The van der Waals surface area contributed by atoms with Crippen molar-refractivity contribution >= 4 is 26.7 Å². The van der Waals surface area contributed by atoms with Crippen molar-refractivity contribution in [1.29, 1.82) is 0 Å². The van der Waals surface area contributed by atoms with Gasteiger partial charge in [-0.1, -0.05) is 15.9 Å². The normalized spacial score (nSPS) is 14.2. The summed E-state index contributed by atoms with van der Waals surface area (Å²) in [5.41, 5.74) is 2.79. The summed E-state index contributed by atoms with van der Waals surface area (Å²) >= 11 is 3.49. The molecule has 3 heteroatoms. The van der Waals surface area contributed by atoms with E-state index in [2.05, 4.69) is 22.0 Å². The van der Waals surface area contributed by atoms with Crippen molar-refractivity contribution in [2.75, 3.05) is 0 Å². The molecule has 0 unspecified atom stereocenters. The molecule has 1 aromatic carbocycles. The second kappa shape index (κ2) is 3.98. The average Bonchev–Trinajstić information content (AvgIpc) is 2.78. The van der Waals surface area contributed by atoms with E-state index in [-0.39, 0.29) is 5.56 Å². The molecule has 0 saturated heterocycles. The van der Waals surface area contributed by atoms with E-state index in [9.17, 15) is 4.79 Å². The topological polar surface area (TPSA) is 22.0 Å². The highest BCUT2D eigenvalue weighted by atomic mass is 79.9. The van der Waals surface area contributed by atoms with Gasteiger partial charge in [-0.3, -0.25) is 4.79 Å². The lowest BCUT2D eigenvalue weighted by molar-refractivity contribution is 0.688. The Morgan fingerprint density at radius 2 is 2.12 bits per heavy atom. The number of fused-ring (bicyclic) bond motifs is 3. The molecule has 88 valence electrons. The largest absolute Gasteiger partial charge is 0.312 e. The molecule has 1 heterocycles. The van der Waals surface area contributed by atoms with Gasteiger partial charge >= 0.3 is 0 Å². The Morgan fingerprint density at radius 3 is 2.88 bits per heavy atom. The van der Waals surface area contributed by atoms with Gasteiger partial charge in [-0.25, -0.2) is 0 Å². The van der Waals surface area contributed by atoms with E-state index in [4.69, 9.17) is 0 Å². The van der Waals surface area contributed by atoms with Crippen LogP contribution in [0, 0.1) is 0 Å². The molecule has 0 aliphatic heterocycles. The Balaban J connectivity index is 2.51. The standard InChI is InChI=1S/C14H14BrNO/c1-2-16-13-5-3-4-10(13)12-8-9(15)6-7-11(12)14(16)17/h6-8H,2-5H2,1H3. The minimum Gasteiger partial charge on any atom is -0.312 e. The van der Waals surface area contributed by atoms with Crippen molar-refractivity contribution in [3.05, 3.63) is 44.3 Å². The molecule has 1 aliphatic rings. The van der Waals surface area contributed by atoms with Gasteiger partial charge in [0.05, 0.1) is 0 Å². The summed E-state index contributed by atoms with van der Waals surface area (Å²) in [5, 5.41) is 2.00. The lowest BCUT2D eigenvalue weighted by atomic mass is 10.1. The molecule has 0 fully saturated rings. The van der Waals surface area contributed by atoms with E-state index in [1.54, 1.807) is 0 Å². The van der Waals surface area contributed by atoms with E-state index in [0.717, 1.165) is 34.6 Å². The van der Waals surface area contributed by atoms with Crippen LogP contribution in [0.25, 0.3) is 10.8 Å². The fraction of sp³-hybridized carbons (Fsp3) is 0.357. The lowest BCUT2D eigenvalue weighted by Gasteiger charge is -2.13. The molecule has 0 amide bonds. The van der Waals surface area contributed by atoms with Gasteiger partial charge in [0, 0.05) is 22.1 Å². The molecular weight excluding hydrogens is 278 g/mol. The van der Waals surface area contributed by atoms with Gasteiger partial charge in [0.15, 0.2) is 0 Å². The summed E-state index contributed by atoms with van der Waals surface area (Å²) in [5.74, 6) is 0. The predicted molar refractivity (Wildman–Crippen MR) is 73.6 cm³/mol. The van der Waals surface area contributed by atoms with Crippen LogP contribution in [0.4, 0.5) is 0 Å².